The molecule has 0 bridgehead atoms. The van der Waals surface area contributed by atoms with Gasteiger partial charge in [0.1, 0.15) is 0 Å². The van der Waals surface area contributed by atoms with Gasteiger partial charge in [0.05, 0.1) is 11.4 Å². The molecule has 0 N–H and O–H groups in total. The van der Waals surface area contributed by atoms with Gasteiger partial charge in [0.15, 0.2) is 11.5 Å². The molecular weight excluding hydrogens is 1790 g/mol. The minimum atomic E-state index is -0.482. The summed E-state index contributed by atoms with van der Waals surface area (Å²) in [4.78, 5) is 13.5. The second-order valence-corrected chi connectivity index (χ2v) is 40.2. The fraction of sp³-hybridized carbons (Fsp3) is 0.00719. The van der Waals surface area contributed by atoms with E-state index in [1.807, 2.05) is 0 Å². The van der Waals surface area contributed by atoms with E-state index in [-0.39, 0.29) is 6.71 Å². The monoisotopic (exact) mass is 1880 g/mol. The van der Waals surface area contributed by atoms with Crippen molar-refractivity contribution in [3.05, 3.63) is 533 Å². The summed E-state index contributed by atoms with van der Waals surface area (Å²) in [6.07, 6.45) is 0. The SMILES string of the molecule is Cc1cc2c3c(c1)N(c1cc(-c4ccccc4)cc(-c4ccccc4)c1)c1cc4c(cc1B3c1cc(-c3ccccc3)ccc1N2c1cc(-c2ccccc2)cc(-c2ccccc2)c1)B1c2cc(-c3ccccc3)cc3c2N2c5c(cc(-c6ccccc6)cc5B5c6cc(-c7ccccc7)ccc6N(c6cc(-c7ccccc7)cc(-c7ccccc7)c6)c6cc(c1c2c65)N4c1cc(-c2ccccc2)cc(-c2ccccc2)c1)O3. The maximum atomic E-state index is 8.19. The molecule has 0 fully saturated rings. The van der Waals surface area contributed by atoms with Crippen LogP contribution in [0.5, 0.6) is 11.5 Å². The molecule has 686 valence electrons. The third-order valence-electron chi connectivity index (χ3n) is 31.6. The molecule has 0 aromatic heterocycles. The summed E-state index contributed by atoms with van der Waals surface area (Å²) in [6, 6.07) is 199. The minimum Gasteiger partial charge on any atom is -0.453 e. The Labute approximate surface area is 862 Å². The molecule has 0 aliphatic carbocycles. The molecule has 0 atom stereocenters. The molecule has 23 aromatic rings. The summed E-state index contributed by atoms with van der Waals surface area (Å²) < 4.78 is 8.19. The molecule has 0 unspecified atom stereocenters. The van der Waals surface area contributed by atoms with Crippen LogP contribution in [0, 0.1) is 6.92 Å². The van der Waals surface area contributed by atoms with E-state index in [2.05, 4.69) is 559 Å². The van der Waals surface area contributed by atoms with Crippen molar-refractivity contribution in [3.63, 3.8) is 0 Å². The molecule has 7 aliphatic rings. The highest BCUT2D eigenvalue weighted by Crippen LogP contribution is 2.60. The van der Waals surface area contributed by atoms with Crippen LogP contribution < -0.4 is 78.4 Å². The maximum absolute atomic E-state index is 8.19. The summed E-state index contributed by atoms with van der Waals surface area (Å²) in [6.45, 7) is 1.07. The standard InChI is InChI=1S/C139H90B3N5O/c1-89-66-128-134-129(67-89)145(116-76-108(96-50-26-8-27-51-96)70-109(77-116)97-52-28-9-29-53-97)126-87-127-121(86-120(126)140(134)118-80-102(90-38-14-2-15-39-90)62-64-124(118)143(128)114-72-104(92-42-18-4-19-43-92)68-105(73-114)93-44-20-5-21-45-93)142-123-83-113(101-60-36-13-37-61-101)85-133-138(123)147-137-122(82-112(84-132(137)148-133)100-58-34-12-35-59-100)141-119-81-103(91-40-16-3-17-41-91)63-65-125(119)144(115-74-106(94-46-22-6-23-47-94)69-107(75-115)95-48-24-7-25-49-95)130-88-131(136(142)139(147)135(130)141)146(127)117-78-110(98-54-30-10-31-55-98)71-111(79-117)99-56-32-11-33-57-99/h2-88H,1H3. The van der Waals surface area contributed by atoms with Crippen LogP contribution in [0.1, 0.15) is 5.56 Å². The molecule has 0 saturated carbocycles. The molecule has 0 radical (unpaired) electrons. The average Bonchev–Trinajstić information content (AvgIpc) is 0.653. The van der Waals surface area contributed by atoms with Crippen LogP contribution in [0.3, 0.4) is 0 Å². The Morgan fingerprint density at radius 2 is 0.351 bits per heavy atom. The normalized spacial score (nSPS) is 13.0. The molecule has 0 spiro atoms. The molecule has 0 amide bonds. The average molecular weight is 1880 g/mol. The Morgan fingerprint density at radius 3 is 0.615 bits per heavy atom. The van der Waals surface area contributed by atoms with E-state index >= 15 is 0 Å². The van der Waals surface area contributed by atoms with E-state index in [1.165, 1.54) is 43.7 Å². The molecule has 6 nitrogen and oxygen atoms in total. The van der Waals surface area contributed by atoms with Crippen LogP contribution in [0.2, 0.25) is 0 Å². The Bertz CT molecular complexity index is 9090. The van der Waals surface area contributed by atoms with Gasteiger partial charge >= 0.3 is 0 Å². The summed E-state index contributed by atoms with van der Waals surface area (Å²) >= 11 is 0. The Kier molecular flexibility index (Phi) is 19.5. The lowest BCUT2D eigenvalue weighted by atomic mass is 9.27. The number of hydrogen-bond acceptors (Lipinski definition) is 6. The Morgan fingerprint density at radius 1 is 0.142 bits per heavy atom. The first kappa shape index (κ1) is 84.7. The van der Waals surface area contributed by atoms with Gasteiger partial charge in [-0.2, -0.15) is 0 Å². The third kappa shape index (κ3) is 13.8. The van der Waals surface area contributed by atoms with Gasteiger partial charge in [0.2, 0.25) is 0 Å². The van der Waals surface area contributed by atoms with Crippen molar-refractivity contribution in [2.45, 2.75) is 6.92 Å². The van der Waals surface area contributed by atoms with Crippen molar-refractivity contribution < 1.29 is 4.74 Å². The number of ether oxygens (including phenoxy) is 1. The highest BCUT2D eigenvalue weighted by atomic mass is 16.5. The first-order valence-electron chi connectivity index (χ1n) is 51.4. The van der Waals surface area contributed by atoms with Crippen LogP contribution >= 0.6 is 0 Å². The van der Waals surface area contributed by atoms with E-state index in [1.54, 1.807) is 0 Å². The minimum absolute atomic E-state index is 0.373. The molecular formula is C139H90B3N5O. The zero-order valence-electron chi connectivity index (χ0n) is 81.1. The predicted molar refractivity (Wildman–Crippen MR) is 624 cm³/mol. The van der Waals surface area contributed by atoms with Gasteiger partial charge in [-0.05, 0) is 317 Å². The lowest BCUT2D eigenvalue weighted by Crippen LogP contribution is -2.69. The van der Waals surface area contributed by atoms with Crippen molar-refractivity contribution in [3.8, 4) is 145 Å². The van der Waals surface area contributed by atoms with Crippen molar-refractivity contribution in [1.29, 1.82) is 0 Å². The number of benzene rings is 23. The largest absolute Gasteiger partial charge is 0.453 e. The van der Waals surface area contributed by atoms with Crippen molar-refractivity contribution >= 4 is 155 Å². The van der Waals surface area contributed by atoms with Gasteiger partial charge in [0.25, 0.3) is 20.1 Å². The quantitative estimate of drug-likeness (QED) is 0.0895. The van der Waals surface area contributed by atoms with E-state index in [0.29, 0.717) is 0 Å². The molecule has 0 saturated heterocycles. The first-order chi connectivity index (χ1) is 73.3. The first-order valence-corrected chi connectivity index (χ1v) is 51.4. The van der Waals surface area contributed by atoms with E-state index < -0.39 is 13.4 Å². The van der Waals surface area contributed by atoms with Crippen molar-refractivity contribution in [1.82, 2.24) is 0 Å². The van der Waals surface area contributed by atoms with Crippen LogP contribution in [0.25, 0.3) is 134 Å². The summed E-state index contributed by atoms with van der Waals surface area (Å²) in [5.41, 5.74) is 54.7. The van der Waals surface area contributed by atoms with Crippen LogP contribution in [0.15, 0.2) is 528 Å². The predicted octanol–water partition coefficient (Wildman–Crippen LogP) is 30.9. The van der Waals surface area contributed by atoms with Crippen LogP contribution in [0.4, 0.5) is 85.3 Å². The Hall–Kier alpha value is -18.9. The molecule has 7 aliphatic heterocycles. The maximum Gasteiger partial charge on any atom is 0.252 e. The fourth-order valence-electron chi connectivity index (χ4n) is 25.1. The van der Waals surface area contributed by atoms with E-state index in [9.17, 15) is 0 Å². The molecule has 7 heterocycles. The number of anilines is 15. The van der Waals surface area contributed by atoms with Gasteiger partial charge in [-0.3, -0.25) is 0 Å². The highest BCUT2D eigenvalue weighted by molar-refractivity contribution is 7.06. The van der Waals surface area contributed by atoms with E-state index in [0.717, 1.165) is 241 Å². The third-order valence-corrected chi connectivity index (χ3v) is 31.6. The van der Waals surface area contributed by atoms with Gasteiger partial charge in [-0.15, -0.1) is 0 Å². The highest BCUT2D eigenvalue weighted by Gasteiger charge is 2.56. The summed E-state index contributed by atoms with van der Waals surface area (Å²) in [5.74, 6) is 1.60. The number of rotatable bonds is 16. The second kappa shape index (κ2) is 34.1. The van der Waals surface area contributed by atoms with Gasteiger partial charge in [-0.1, -0.05) is 406 Å². The number of fused-ring (bicyclic) bond motifs is 10. The van der Waals surface area contributed by atoms with E-state index in [4.69, 9.17) is 4.74 Å². The second-order valence-electron chi connectivity index (χ2n) is 40.2. The lowest BCUT2D eigenvalue weighted by Gasteiger charge is -2.53. The Balaban J connectivity index is 0.781. The fourth-order valence-corrected chi connectivity index (χ4v) is 25.1. The number of hydrogen-bond donors (Lipinski definition) is 0. The smallest absolute Gasteiger partial charge is 0.252 e. The molecule has 30 rings (SSSR count). The zero-order valence-corrected chi connectivity index (χ0v) is 81.1. The summed E-state index contributed by atoms with van der Waals surface area (Å²) in [5, 5.41) is 0. The van der Waals surface area contributed by atoms with Crippen molar-refractivity contribution in [2.24, 2.45) is 0 Å². The van der Waals surface area contributed by atoms with Gasteiger partial charge in [-0.25, -0.2) is 0 Å². The lowest BCUT2D eigenvalue weighted by molar-refractivity contribution is 0.478. The van der Waals surface area contributed by atoms with Crippen LogP contribution in [-0.4, -0.2) is 20.1 Å². The molecule has 9 heteroatoms. The molecule has 23 aromatic carbocycles. The van der Waals surface area contributed by atoms with Crippen LogP contribution in [-0.2, 0) is 0 Å². The molecule has 148 heavy (non-hydrogen) atoms. The number of nitrogens with zero attached hydrogens (tertiary/aromatic N) is 5. The van der Waals surface area contributed by atoms with Gasteiger partial charge in [0, 0.05) is 73.9 Å². The topological polar surface area (TPSA) is 25.4 Å². The van der Waals surface area contributed by atoms with Crippen molar-refractivity contribution in [2.75, 3.05) is 24.5 Å². The zero-order chi connectivity index (χ0) is 97.3. The summed E-state index contributed by atoms with van der Waals surface area (Å²) in [7, 11) is 0. The van der Waals surface area contributed by atoms with Gasteiger partial charge < -0.3 is 29.2 Å². The number of aryl methyl sites for hydroxylation is 1.